The standard InChI is InChI=1S/C22H31BrN4O3/c1-24-19-4-2-3-17(22(19)23)16-13-20(29)18(21(30)14-16)15-25-5-6-26-7-9-27(10-8-26)11-12-28/h2-4,15-16,24,28-29H,5-14H2,1H3. The normalized spacial score (nSPS) is 21.6. The molecule has 1 fully saturated rings. The average molecular weight is 479 g/mol. The molecule has 3 rings (SSSR count). The van der Waals surface area contributed by atoms with Crippen molar-refractivity contribution >= 4 is 33.6 Å². The molecule has 0 saturated carbocycles. The predicted molar refractivity (Wildman–Crippen MR) is 124 cm³/mol. The average Bonchev–Trinajstić information content (AvgIpc) is 2.74. The fourth-order valence-corrected chi connectivity index (χ4v) is 4.85. The number of anilines is 1. The third-order valence-electron chi connectivity index (χ3n) is 5.87. The first kappa shape index (κ1) is 22.9. The Balaban J connectivity index is 1.55. The summed E-state index contributed by atoms with van der Waals surface area (Å²) in [6, 6.07) is 5.92. The maximum absolute atomic E-state index is 12.7. The number of carbonyl (C=O) groups is 1. The van der Waals surface area contributed by atoms with Gasteiger partial charge in [-0.2, -0.15) is 0 Å². The van der Waals surface area contributed by atoms with Crippen LogP contribution in [0.5, 0.6) is 0 Å². The number of hydrogen-bond donors (Lipinski definition) is 3. The summed E-state index contributed by atoms with van der Waals surface area (Å²) in [5, 5.41) is 22.7. The molecule has 2 aliphatic rings. The van der Waals surface area contributed by atoms with E-state index in [0.717, 1.165) is 55.0 Å². The van der Waals surface area contributed by atoms with Crippen LogP contribution in [0.25, 0.3) is 0 Å². The molecule has 1 aliphatic heterocycles. The third-order valence-corrected chi connectivity index (χ3v) is 6.75. The summed E-state index contributed by atoms with van der Waals surface area (Å²) in [6.07, 6.45) is 2.35. The molecule has 1 unspecified atom stereocenters. The molecule has 30 heavy (non-hydrogen) atoms. The van der Waals surface area contributed by atoms with Gasteiger partial charge in [0.15, 0.2) is 5.78 Å². The van der Waals surface area contributed by atoms with Crippen LogP contribution < -0.4 is 5.32 Å². The van der Waals surface area contributed by atoms with Crippen molar-refractivity contribution < 1.29 is 15.0 Å². The van der Waals surface area contributed by atoms with Crippen molar-refractivity contribution in [3.63, 3.8) is 0 Å². The van der Waals surface area contributed by atoms with Crippen LogP contribution in [0, 0.1) is 0 Å². The van der Waals surface area contributed by atoms with Crippen molar-refractivity contribution in [2.75, 3.05) is 64.8 Å². The second-order valence-corrected chi connectivity index (χ2v) is 8.58. The van der Waals surface area contributed by atoms with Crippen LogP contribution in [0.15, 0.2) is 39.0 Å². The smallest absolute Gasteiger partial charge is 0.168 e. The van der Waals surface area contributed by atoms with Gasteiger partial charge >= 0.3 is 0 Å². The number of aliphatic imine (C=N–C) groups is 1. The number of nitrogens with one attached hydrogen (secondary N) is 1. The molecule has 1 heterocycles. The lowest BCUT2D eigenvalue weighted by Gasteiger charge is -2.33. The first-order valence-corrected chi connectivity index (χ1v) is 11.3. The Morgan fingerprint density at radius 1 is 1.20 bits per heavy atom. The summed E-state index contributed by atoms with van der Waals surface area (Å²) in [5.41, 5.74) is 2.34. The van der Waals surface area contributed by atoms with Gasteiger partial charge in [0.2, 0.25) is 0 Å². The number of aliphatic hydroxyl groups is 2. The number of halogens is 1. The highest BCUT2D eigenvalue weighted by molar-refractivity contribution is 9.10. The number of carbonyl (C=O) groups excluding carboxylic acids is 1. The number of hydrogen-bond acceptors (Lipinski definition) is 7. The quantitative estimate of drug-likeness (QED) is 0.497. The SMILES string of the molecule is CNc1cccc(C2CC(=O)C(C=NCCN3CCN(CCO)CC3)=C(O)C2)c1Br. The van der Waals surface area contributed by atoms with Crippen molar-refractivity contribution in [1.82, 2.24) is 9.80 Å². The first-order valence-electron chi connectivity index (χ1n) is 10.5. The van der Waals surface area contributed by atoms with Crippen molar-refractivity contribution in [3.05, 3.63) is 39.6 Å². The number of rotatable bonds is 8. The van der Waals surface area contributed by atoms with E-state index in [1.165, 1.54) is 0 Å². The molecule has 0 bridgehead atoms. The van der Waals surface area contributed by atoms with Crippen LogP contribution in [-0.2, 0) is 4.79 Å². The summed E-state index contributed by atoms with van der Waals surface area (Å²) >= 11 is 3.62. The topological polar surface area (TPSA) is 88.4 Å². The monoisotopic (exact) mass is 478 g/mol. The van der Waals surface area contributed by atoms with E-state index in [4.69, 9.17) is 5.11 Å². The minimum atomic E-state index is -0.0631. The zero-order valence-electron chi connectivity index (χ0n) is 17.5. The highest BCUT2D eigenvalue weighted by atomic mass is 79.9. The minimum Gasteiger partial charge on any atom is -0.511 e. The lowest BCUT2D eigenvalue weighted by Crippen LogP contribution is -2.47. The van der Waals surface area contributed by atoms with Gasteiger partial charge in [-0.3, -0.25) is 19.6 Å². The first-order chi connectivity index (χ1) is 14.5. The van der Waals surface area contributed by atoms with Crippen LogP contribution in [0.1, 0.15) is 24.3 Å². The summed E-state index contributed by atoms with van der Waals surface area (Å²) in [7, 11) is 1.86. The molecular formula is C22H31BrN4O3. The lowest BCUT2D eigenvalue weighted by molar-refractivity contribution is -0.116. The number of allylic oxidation sites excluding steroid dienone is 2. The van der Waals surface area contributed by atoms with E-state index >= 15 is 0 Å². The van der Waals surface area contributed by atoms with E-state index in [0.29, 0.717) is 25.0 Å². The number of benzene rings is 1. The maximum atomic E-state index is 12.7. The molecule has 0 amide bonds. The molecule has 1 aromatic rings. The molecular weight excluding hydrogens is 448 g/mol. The van der Waals surface area contributed by atoms with E-state index < -0.39 is 0 Å². The van der Waals surface area contributed by atoms with E-state index in [2.05, 4.69) is 36.0 Å². The van der Waals surface area contributed by atoms with Gasteiger partial charge in [0.05, 0.1) is 18.7 Å². The number of Topliss-reactive ketones (excluding diaryl/α,β-unsaturated/α-hetero) is 1. The van der Waals surface area contributed by atoms with Gasteiger partial charge in [0.25, 0.3) is 0 Å². The van der Waals surface area contributed by atoms with Gasteiger partial charge in [-0.15, -0.1) is 0 Å². The van der Waals surface area contributed by atoms with Crippen molar-refractivity contribution in [3.8, 4) is 0 Å². The van der Waals surface area contributed by atoms with E-state index in [-0.39, 0.29) is 24.1 Å². The molecule has 0 radical (unpaired) electrons. The van der Waals surface area contributed by atoms with Crippen LogP contribution in [0.3, 0.4) is 0 Å². The molecule has 8 heteroatoms. The highest BCUT2D eigenvalue weighted by Gasteiger charge is 2.29. The number of piperazine rings is 1. The number of ketones is 1. The third kappa shape index (κ3) is 5.69. The Kier molecular flexibility index (Phi) is 8.44. The molecule has 7 nitrogen and oxygen atoms in total. The van der Waals surface area contributed by atoms with Crippen LogP contribution in [0.4, 0.5) is 5.69 Å². The fraction of sp³-hybridized carbons (Fsp3) is 0.545. The van der Waals surface area contributed by atoms with Crippen molar-refractivity contribution in [1.29, 1.82) is 0 Å². The Hall–Kier alpha value is -1.74. The molecule has 1 saturated heterocycles. The van der Waals surface area contributed by atoms with E-state index in [1.807, 2.05) is 25.2 Å². The Morgan fingerprint density at radius 3 is 2.53 bits per heavy atom. The summed E-state index contributed by atoms with van der Waals surface area (Å²) in [5.74, 6) is 0.0128. The summed E-state index contributed by atoms with van der Waals surface area (Å²) in [4.78, 5) is 21.7. The predicted octanol–water partition coefficient (Wildman–Crippen LogP) is 2.43. The number of nitrogens with zero attached hydrogens (tertiary/aromatic N) is 3. The van der Waals surface area contributed by atoms with Gasteiger partial charge in [-0.1, -0.05) is 12.1 Å². The highest BCUT2D eigenvalue weighted by Crippen LogP contribution is 2.39. The Morgan fingerprint density at radius 2 is 1.90 bits per heavy atom. The number of β-amino-alcohol motifs (C(OH)–C–C–N with tert-alkyl or cyclic N) is 1. The Labute approximate surface area is 186 Å². The molecule has 1 atom stereocenters. The van der Waals surface area contributed by atoms with Gasteiger partial charge in [0.1, 0.15) is 5.76 Å². The minimum absolute atomic E-state index is 0.0486. The summed E-state index contributed by atoms with van der Waals surface area (Å²) in [6.45, 7) is 6.21. The molecule has 3 N–H and O–H groups in total. The van der Waals surface area contributed by atoms with Gasteiger partial charge in [0, 0.05) is 75.5 Å². The molecule has 0 aromatic heterocycles. The van der Waals surface area contributed by atoms with Crippen LogP contribution in [-0.4, -0.2) is 91.5 Å². The molecule has 164 valence electrons. The van der Waals surface area contributed by atoms with Gasteiger partial charge in [-0.25, -0.2) is 0 Å². The lowest BCUT2D eigenvalue weighted by atomic mass is 9.83. The van der Waals surface area contributed by atoms with Crippen molar-refractivity contribution in [2.24, 2.45) is 4.99 Å². The second-order valence-electron chi connectivity index (χ2n) is 7.79. The van der Waals surface area contributed by atoms with E-state index in [1.54, 1.807) is 6.21 Å². The summed E-state index contributed by atoms with van der Waals surface area (Å²) < 4.78 is 0.939. The molecule has 0 spiro atoms. The maximum Gasteiger partial charge on any atom is 0.168 e. The van der Waals surface area contributed by atoms with E-state index in [9.17, 15) is 9.90 Å². The number of aliphatic hydroxyl groups excluding tert-OH is 2. The largest absolute Gasteiger partial charge is 0.511 e. The van der Waals surface area contributed by atoms with Crippen LogP contribution >= 0.6 is 15.9 Å². The molecule has 1 aliphatic carbocycles. The molecule has 1 aromatic carbocycles. The van der Waals surface area contributed by atoms with Crippen LogP contribution in [0.2, 0.25) is 0 Å². The zero-order chi connectivity index (χ0) is 21.5. The fourth-order valence-electron chi connectivity index (χ4n) is 4.07. The van der Waals surface area contributed by atoms with Crippen molar-refractivity contribution in [2.45, 2.75) is 18.8 Å². The van der Waals surface area contributed by atoms with Gasteiger partial charge in [-0.05, 0) is 33.5 Å². The van der Waals surface area contributed by atoms with Gasteiger partial charge < -0.3 is 15.5 Å². The zero-order valence-corrected chi connectivity index (χ0v) is 19.1. The second kappa shape index (κ2) is 11.0. The Bertz CT molecular complexity index is 804.